The van der Waals surface area contributed by atoms with Gasteiger partial charge in [0.2, 0.25) is 0 Å². The molecular formula is C18H15ClN2O4. The Hall–Kier alpha value is -2.86. The Bertz CT molecular complexity index is 850. The molecular weight excluding hydrogens is 344 g/mol. The van der Waals surface area contributed by atoms with Crippen molar-refractivity contribution in [1.82, 2.24) is 10.9 Å². The summed E-state index contributed by atoms with van der Waals surface area (Å²) in [6.07, 6.45) is 0.220. The van der Waals surface area contributed by atoms with Crippen molar-refractivity contribution in [3.63, 3.8) is 0 Å². The van der Waals surface area contributed by atoms with Gasteiger partial charge < -0.3 is 4.74 Å². The summed E-state index contributed by atoms with van der Waals surface area (Å²) in [5, 5.41) is 0.501. The van der Waals surface area contributed by atoms with Gasteiger partial charge in [-0.2, -0.15) is 0 Å². The molecule has 1 aliphatic rings. The predicted octanol–water partition coefficient (Wildman–Crippen LogP) is 2.27. The number of hydrogen-bond acceptors (Lipinski definition) is 4. The second-order valence-electron chi connectivity index (χ2n) is 5.87. The van der Waals surface area contributed by atoms with Crippen molar-refractivity contribution in [2.75, 3.05) is 0 Å². The Morgan fingerprint density at radius 3 is 2.48 bits per heavy atom. The summed E-state index contributed by atoms with van der Waals surface area (Å²) < 4.78 is 5.30. The van der Waals surface area contributed by atoms with Gasteiger partial charge in [0.05, 0.1) is 5.56 Å². The van der Waals surface area contributed by atoms with Gasteiger partial charge in [0.15, 0.2) is 5.60 Å². The highest BCUT2D eigenvalue weighted by Crippen LogP contribution is 2.28. The van der Waals surface area contributed by atoms with Crippen LogP contribution in [-0.4, -0.2) is 23.4 Å². The Balaban J connectivity index is 1.68. The molecule has 7 heteroatoms. The van der Waals surface area contributed by atoms with Crippen molar-refractivity contribution in [3.8, 4) is 0 Å². The molecule has 0 bridgehead atoms. The number of benzene rings is 2. The second-order valence-corrected chi connectivity index (χ2v) is 6.31. The summed E-state index contributed by atoms with van der Waals surface area (Å²) in [7, 11) is 0. The molecule has 6 nitrogen and oxygen atoms in total. The third kappa shape index (κ3) is 3.49. The molecule has 128 valence electrons. The van der Waals surface area contributed by atoms with Crippen LogP contribution in [0.25, 0.3) is 0 Å². The Labute approximate surface area is 149 Å². The van der Waals surface area contributed by atoms with E-state index in [1.807, 2.05) is 0 Å². The van der Waals surface area contributed by atoms with E-state index < -0.39 is 23.4 Å². The summed E-state index contributed by atoms with van der Waals surface area (Å²) in [6.45, 7) is 1.50. The minimum absolute atomic E-state index is 0.220. The fourth-order valence-corrected chi connectivity index (χ4v) is 2.70. The van der Waals surface area contributed by atoms with Gasteiger partial charge in [0, 0.05) is 17.0 Å². The van der Waals surface area contributed by atoms with E-state index in [-0.39, 0.29) is 6.42 Å². The lowest BCUT2D eigenvalue weighted by Gasteiger charge is -2.32. The molecule has 1 aliphatic heterocycles. The number of hydrogen-bond donors (Lipinski definition) is 2. The van der Waals surface area contributed by atoms with Crippen LogP contribution in [0.15, 0.2) is 48.5 Å². The number of hydrazine groups is 1. The molecule has 3 rings (SSSR count). The predicted molar refractivity (Wildman–Crippen MR) is 91.0 cm³/mol. The van der Waals surface area contributed by atoms with E-state index in [0.29, 0.717) is 16.1 Å². The van der Waals surface area contributed by atoms with Crippen LogP contribution >= 0.6 is 11.6 Å². The molecule has 0 spiro atoms. The van der Waals surface area contributed by atoms with Gasteiger partial charge in [-0.15, -0.1) is 0 Å². The zero-order valence-corrected chi connectivity index (χ0v) is 14.1. The molecule has 0 aliphatic carbocycles. The van der Waals surface area contributed by atoms with Crippen LogP contribution in [0.2, 0.25) is 5.02 Å². The van der Waals surface area contributed by atoms with Crippen molar-refractivity contribution >= 4 is 29.4 Å². The fourth-order valence-electron chi connectivity index (χ4n) is 2.58. The lowest BCUT2D eigenvalue weighted by atomic mass is 9.89. The fraction of sp³-hybridized carbons (Fsp3) is 0.167. The van der Waals surface area contributed by atoms with Crippen LogP contribution in [-0.2, 0) is 16.0 Å². The van der Waals surface area contributed by atoms with E-state index in [0.717, 1.165) is 5.56 Å². The SMILES string of the molecule is CC1(C(=O)NNC(=O)c2ccc(Cl)cc2)Cc2ccccc2C(=O)O1. The minimum Gasteiger partial charge on any atom is -0.445 e. The van der Waals surface area contributed by atoms with Gasteiger partial charge in [-0.25, -0.2) is 4.79 Å². The molecule has 0 saturated heterocycles. The summed E-state index contributed by atoms with van der Waals surface area (Å²) in [6, 6.07) is 13.1. The first-order valence-corrected chi connectivity index (χ1v) is 7.94. The second kappa shape index (κ2) is 6.57. The standard InChI is InChI=1S/C18H15ClN2O4/c1-18(10-12-4-2-3-5-14(12)16(23)25-18)17(24)21-20-15(22)11-6-8-13(19)9-7-11/h2-9H,10H2,1H3,(H,20,22)(H,21,24). The van der Waals surface area contributed by atoms with Crippen LogP contribution in [0.4, 0.5) is 0 Å². The van der Waals surface area contributed by atoms with Crippen molar-refractivity contribution < 1.29 is 19.1 Å². The third-order valence-electron chi connectivity index (χ3n) is 3.96. The monoisotopic (exact) mass is 358 g/mol. The molecule has 2 aromatic rings. The van der Waals surface area contributed by atoms with Crippen molar-refractivity contribution in [3.05, 3.63) is 70.2 Å². The highest BCUT2D eigenvalue weighted by Gasteiger charge is 2.42. The lowest BCUT2D eigenvalue weighted by Crippen LogP contribution is -2.56. The van der Waals surface area contributed by atoms with E-state index in [1.54, 1.807) is 36.4 Å². The highest BCUT2D eigenvalue weighted by molar-refractivity contribution is 6.30. The maximum Gasteiger partial charge on any atom is 0.339 e. The number of rotatable bonds is 2. The minimum atomic E-state index is -1.40. The van der Waals surface area contributed by atoms with Gasteiger partial charge in [0.1, 0.15) is 0 Å². The maximum absolute atomic E-state index is 12.4. The molecule has 0 saturated carbocycles. The molecule has 0 radical (unpaired) electrons. The number of amides is 2. The Morgan fingerprint density at radius 2 is 1.76 bits per heavy atom. The van der Waals surface area contributed by atoms with E-state index in [4.69, 9.17) is 16.3 Å². The van der Waals surface area contributed by atoms with Gasteiger partial charge >= 0.3 is 5.97 Å². The number of carbonyl (C=O) groups is 3. The largest absolute Gasteiger partial charge is 0.445 e. The van der Waals surface area contributed by atoms with E-state index >= 15 is 0 Å². The molecule has 1 atom stereocenters. The van der Waals surface area contributed by atoms with E-state index in [2.05, 4.69) is 10.9 Å². The quantitative estimate of drug-likeness (QED) is 0.637. The van der Waals surface area contributed by atoms with Gasteiger partial charge in [-0.1, -0.05) is 29.8 Å². The number of carbonyl (C=O) groups excluding carboxylic acids is 3. The van der Waals surface area contributed by atoms with Gasteiger partial charge in [-0.05, 0) is 42.8 Å². The molecule has 1 unspecified atom stereocenters. The topological polar surface area (TPSA) is 84.5 Å². The normalized spacial score (nSPS) is 18.7. The Kier molecular flexibility index (Phi) is 4.46. The molecule has 2 aromatic carbocycles. The van der Waals surface area contributed by atoms with Crippen molar-refractivity contribution in [2.24, 2.45) is 0 Å². The van der Waals surface area contributed by atoms with Crippen LogP contribution in [0.3, 0.4) is 0 Å². The van der Waals surface area contributed by atoms with E-state index in [1.165, 1.54) is 19.1 Å². The van der Waals surface area contributed by atoms with Crippen LogP contribution in [0.1, 0.15) is 33.2 Å². The smallest absolute Gasteiger partial charge is 0.339 e. The third-order valence-corrected chi connectivity index (χ3v) is 4.21. The summed E-state index contributed by atoms with van der Waals surface area (Å²) in [4.78, 5) is 36.6. The number of nitrogens with one attached hydrogen (secondary N) is 2. The van der Waals surface area contributed by atoms with Crippen LogP contribution in [0.5, 0.6) is 0 Å². The molecule has 25 heavy (non-hydrogen) atoms. The number of halogens is 1. The van der Waals surface area contributed by atoms with Gasteiger partial charge in [0.25, 0.3) is 11.8 Å². The summed E-state index contributed by atoms with van der Waals surface area (Å²) >= 11 is 5.77. The van der Waals surface area contributed by atoms with E-state index in [9.17, 15) is 14.4 Å². The zero-order chi connectivity index (χ0) is 18.0. The average Bonchev–Trinajstić information content (AvgIpc) is 2.60. The first-order valence-electron chi connectivity index (χ1n) is 7.57. The summed E-state index contributed by atoms with van der Waals surface area (Å²) in [5.74, 6) is -1.68. The summed E-state index contributed by atoms with van der Waals surface area (Å²) in [5.41, 5.74) is 4.71. The number of fused-ring (bicyclic) bond motifs is 1. The highest BCUT2D eigenvalue weighted by atomic mass is 35.5. The zero-order valence-electron chi connectivity index (χ0n) is 13.3. The average molecular weight is 359 g/mol. The number of ether oxygens (including phenoxy) is 1. The lowest BCUT2D eigenvalue weighted by molar-refractivity contribution is -0.140. The molecule has 2 amide bonds. The van der Waals surface area contributed by atoms with Gasteiger partial charge in [-0.3, -0.25) is 20.4 Å². The maximum atomic E-state index is 12.4. The number of cyclic esters (lactones) is 1. The van der Waals surface area contributed by atoms with Crippen molar-refractivity contribution in [2.45, 2.75) is 18.9 Å². The van der Waals surface area contributed by atoms with Crippen LogP contribution in [0, 0.1) is 0 Å². The van der Waals surface area contributed by atoms with Crippen LogP contribution < -0.4 is 10.9 Å². The molecule has 1 heterocycles. The molecule has 2 N–H and O–H groups in total. The first-order chi connectivity index (χ1) is 11.9. The molecule has 0 aromatic heterocycles. The van der Waals surface area contributed by atoms with Crippen molar-refractivity contribution in [1.29, 1.82) is 0 Å². The molecule has 0 fully saturated rings. The Morgan fingerprint density at radius 1 is 1.08 bits per heavy atom. The number of esters is 1. The first kappa shape index (κ1) is 17.0.